The van der Waals surface area contributed by atoms with Crippen LogP contribution in [-0.2, 0) is 0 Å². The topological polar surface area (TPSA) is 71.3 Å². The molecular formula is C12H17ClN4O2. The molecule has 1 aliphatic rings. The van der Waals surface area contributed by atoms with Crippen LogP contribution in [0.25, 0.3) is 0 Å². The van der Waals surface area contributed by atoms with Gasteiger partial charge in [-0.2, -0.15) is 0 Å². The lowest BCUT2D eigenvalue weighted by molar-refractivity contribution is -0.384. The lowest BCUT2D eigenvalue weighted by Crippen LogP contribution is -2.40. The Morgan fingerprint density at radius 2 is 2.37 bits per heavy atom. The summed E-state index contributed by atoms with van der Waals surface area (Å²) in [5.41, 5.74) is -0.0390. The van der Waals surface area contributed by atoms with Crippen molar-refractivity contribution in [3.63, 3.8) is 0 Å². The molecule has 0 spiro atoms. The van der Waals surface area contributed by atoms with Crippen LogP contribution in [0, 0.1) is 10.1 Å². The molecule has 1 atom stereocenters. The first-order chi connectivity index (χ1) is 9.08. The Hall–Kier alpha value is -1.40. The molecule has 1 unspecified atom stereocenters. The van der Waals surface area contributed by atoms with Crippen LogP contribution in [0.5, 0.6) is 0 Å². The number of nitro groups is 1. The number of pyridine rings is 1. The summed E-state index contributed by atoms with van der Waals surface area (Å²) in [5.74, 6) is 0.247. The minimum atomic E-state index is -0.448. The fourth-order valence-corrected chi connectivity index (χ4v) is 2.47. The van der Waals surface area contributed by atoms with Gasteiger partial charge in [0.05, 0.1) is 4.92 Å². The van der Waals surface area contributed by atoms with Crippen LogP contribution < -0.4 is 5.32 Å². The standard InChI is InChI=1S/C12H17ClN4O2/c1-16-7-3-2-4-9(16)8-14-12-10(17(18)19)5-6-11(13)15-12/h5-6,9H,2-4,7-8H2,1H3,(H,14,15). The number of likely N-dealkylation sites (N-methyl/N-ethyl adjacent to an activating group) is 1. The molecule has 0 radical (unpaired) electrons. The number of hydrogen-bond acceptors (Lipinski definition) is 5. The molecule has 1 aliphatic heterocycles. The molecule has 1 saturated heterocycles. The van der Waals surface area contributed by atoms with Gasteiger partial charge in [-0.05, 0) is 32.5 Å². The number of nitrogens with zero attached hydrogens (tertiary/aromatic N) is 3. The fraction of sp³-hybridized carbons (Fsp3) is 0.583. The van der Waals surface area contributed by atoms with Gasteiger partial charge in [0.2, 0.25) is 5.82 Å². The zero-order valence-electron chi connectivity index (χ0n) is 10.8. The Labute approximate surface area is 116 Å². The lowest BCUT2D eigenvalue weighted by atomic mass is 10.0. The molecular weight excluding hydrogens is 268 g/mol. The monoisotopic (exact) mass is 284 g/mol. The molecule has 1 aromatic rings. The van der Waals surface area contributed by atoms with Crippen LogP contribution in [0.2, 0.25) is 5.15 Å². The van der Waals surface area contributed by atoms with Crippen LogP contribution in [0.1, 0.15) is 19.3 Å². The Balaban J connectivity index is 2.05. The number of rotatable bonds is 4. The molecule has 7 heteroatoms. The molecule has 1 aromatic heterocycles. The molecule has 0 amide bonds. The summed E-state index contributed by atoms with van der Waals surface area (Å²) in [4.78, 5) is 16.7. The fourth-order valence-electron chi connectivity index (χ4n) is 2.32. The third-order valence-electron chi connectivity index (χ3n) is 3.46. The van der Waals surface area contributed by atoms with E-state index in [9.17, 15) is 10.1 Å². The van der Waals surface area contributed by atoms with Gasteiger partial charge in [0.1, 0.15) is 5.15 Å². The van der Waals surface area contributed by atoms with Crippen molar-refractivity contribution in [3.8, 4) is 0 Å². The summed E-state index contributed by atoms with van der Waals surface area (Å²) in [6.45, 7) is 1.71. The summed E-state index contributed by atoms with van der Waals surface area (Å²) in [6, 6.07) is 3.19. The van der Waals surface area contributed by atoms with Crippen molar-refractivity contribution in [1.29, 1.82) is 0 Å². The number of aromatic nitrogens is 1. The highest BCUT2D eigenvalue weighted by molar-refractivity contribution is 6.29. The van der Waals surface area contributed by atoms with Gasteiger partial charge in [0.25, 0.3) is 0 Å². The minimum Gasteiger partial charge on any atom is -0.363 e. The van der Waals surface area contributed by atoms with Gasteiger partial charge in [-0.3, -0.25) is 10.1 Å². The largest absolute Gasteiger partial charge is 0.363 e. The van der Waals surface area contributed by atoms with Crippen LogP contribution in [0.4, 0.5) is 11.5 Å². The van der Waals surface area contributed by atoms with Crippen LogP contribution in [0.3, 0.4) is 0 Å². The predicted octanol–water partition coefficient (Wildman–Crippen LogP) is 2.54. The second-order valence-electron chi connectivity index (χ2n) is 4.77. The first kappa shape index (κ1) is 14.0. The lowest BCUT2D eigenvalue weighted by Gasteiger charge is -2.32. The highest BCUT2D eigenvalue weighted by atomic mass is 35.5. The Morgan fingerprint density at radius 3 is 3.05 bits per heavy atom. The average molecular weight is 285 g/mol. The molecule has 2 heterocycles. The maximum Gasteiger partial charge on any atom is 0.311 e. The van der Waals surface area contributed by atoms with Crippen molar-refractivity contribution < 1.29 is 4.92 Å². The van der Waals surface area contributed by atoms with Crippen molar-refractivity contribution in [2.24, 2.45) is 0 Å². The van der Waals surface area contributed by atoms with E-state index in [1.54, 1.807) is 0 Å². The van der Waals surface area contributed by atoms with Gasteiger partial charge in [-0.25, -0.2) is 4.98 Å². The van der Waals surface area contributed by atoms with Gasteiger partial charge in [0.15, 0.2) is 0 Å². The molecule has 0 bridgehead atoms. The van der Waals surface area contributed by atoms with E-state index in [1.165, 1.54) is 25.0 Å². The number of nitrogens with one attached hydrogen (secondary N) is 1. The summed E-state index contributed by atoms with van der Waals surface area (Å²) in [5, 5.41) is 14.2. The first-order valence-corrected chi connectivity index (χ1v) is 6.71. The highest BCUT2D eigenvalue weighted by Crippen LogP contribution is 2.24. The van der Waals surface area contributed by atoms with E-state index >= 15 is 0 Å². The number of likely N-dealkylation sites (tertiary alicyclic amines) is 1. The number of halogens is 1. The van der Waals surface area contributed by atoms with E-state index in [0.717, 1.165) is 13.0 Å². The van der Waals surface area contributed by atoms with E-state index in [1.807, 2.05) is 0 Å². The number of anilines is 1. The smallest absolute Gasteiger partial charge is 0.311 e. The van der Waals surface area contributed by atoms with Gasteiger partial charge in [-0.15, -0.1) is 0 Å². The summed E-state index contributed by atoms with van der Waals surface area (Å²) in [6.07, 6.45) is 3.50. The van der Waals surface area contributed by atoms with Crippen molar-refractivity contribution in [3.05, 3.63) is 27.4 Å². The van der Waals surface area contributed by atoms with Crippen molar-refractivity contribution in [2.45, 2.75) is 25.3 Å². The molecule has 0 aliphatic carbocycles. The third-order valence-corrected chi connectivity index (χ3v) is 3.67. The van der Waals surface area contributed by atoms with E-state index in [2.05, 4.69) is 22.2 Å². The second-order valence-corrected chi connectivity index (χ2v) is 5.16. The summed E-state index contributed by atoms with van der Waals surface area (Å²) in [7, 11) is 2.07. The van der Waals surface area contributed by atoms with Crippen molar-refractivity contribution in [1.82, 2.24) is 9.88 Å². The Kier molecular flexibility index (Phi) is 4.55. The van der Waals surface area contributed by atoms with Crippen molar-refractivity contribution in [2.75, 3.05) is 25.5 Å². The first-order valence-electron chi connectivity index (χ1n) is 6.33. The predicted molar refractivity (Wildman–Crippen MR) is 74.7 cm³/mol. The minimum absolute atomic E-state index is 0.0390. The normalized spacial score (nSPS) is 20.2. The van der Waals surface area contributed by atoms with Gasteiger partial charge in [-0.1, -0.05) is 18.0 Å². The maximum atomic E-state index is 10.9. The molecule has 0 aromatic carbocycles. The summed E-state index contributed by atoms with van der Waals surface area (Å²) < 4.78 is 0. The number of piperidine rings is 1. The maximum absolute atomic E-state index is 10.9. The van der Waals surface area contributed by atoms with Crippen molar-refractivity contribution >= 4 is 23.1 Å². The average Bonchev–Trinajstić information content (AvgIpc) is 2.37. The molecule has 0 saturated carbocycles. The molecule has 104 valence electrons. The third kappa shape index (κ3) is 3.54. The number of hydrogen-bond donors (Lipinski definition) is 1. The van der Waals surface area contributed by atoms with Crippen LogP contribution >= 0.6 is 11.6 Å². The van der Waals surface area contributed by atoms with E-state index in [0.29, 0.717) is 12.6 Å². The zero-order chi connectivity index (χ0) is 13.8. The van der Waals surface area contributed by atoms with Gasteiger partial charge < -0.3 is 10.2 Å². The summed E-state index contributed by atoms with van der Waals surface area (Å²) >= 11 is 5.79. The molecule has 1 fully saturated rings. The quantitative estimate of drug-likeness (QED) is 0.523. The molecule has 1 N–H and O–H groups in total. The van der Waals surface area contributed by atoms with Crippen LogP contribution in [0.15, 0.2) is 12.1 Å². The Bertz CT molecular complexity index is 469. The van der Waals surface area contributed by atoms with E-state index < -0.39 is 4.92 Å². The highest BCUT2D eigenvalue weighted by Gasteiger charge is 2.21. The molecule has 19 heavy (non-hydrogen) atoms. The zero-order valence-corrected chi connectivity index (χ0v) is 11.6. The molecule has 6 nitrogen and oxygen atoms in total. The Morgan fingerprint density at radius 1 is 1.58 bits per heavy atom. The van der Waals surface area contributed by atoms with E-state index in [4.69, 9.17) is 11.6 Å². The SMILES string of the molecule is CN1CCCCC1CNc1nc(Cl)ccc1[N+](=O)[O-]. The second kappa shape index (κ2) is 6.16. The molecule has 2 rings (SSSR count). The van der Waals surface area contributed by atoms with E-state index in [-0.39, 0.29) is 16.7 Å². The van der Waals surface area contributed by atoms with Gasteiger partial charge in [0, 0.05) is 18.7 Å². The van der Waals surface area contributed by atoms with Crippen LogP contribution in [-0.4, -0.2) is 41.0 Å². The van der Waals surface area contributed by atoms with Gasteiger partial charge >= 0.3 is 5.69 Å².